The zero-order valence-corrected chi connectivity index (χ0v) is 24.2. The molecule has 0 saturated carbocycles. The predicted octanol–water partition coefficient (Wildman–Crippen LogP) is 2.03. The van der Waals surface area contributed by atoms with Gasteiger partial charge in [-0.15, -0.1) is 0 Å². The van der Waals surface area contributed by atoms with Gasteiger partial charge in [-0.05, 0) is 61.9 Å². The van der Waals surface area contributed by atoms with Gasteiger partial charge in [0.05, 0.1) is 23.9 Å². The van der Waals surface area contributed by atoms with Gasteiger partial charge in [0.2, 0.25) is 11.8 Å². The van der Waals surface area contributed by atoms with Crippen molar-refractivity contribution in [1.82, 2.24) is 15.1 Å². The number of piperidine rings is 2. The molecule has 4 aliphatic rings. The van der Waals surface area contributed by atoms with E-state index in [1.54, 1.807) is 19.2 Å². The van der Waals surface area contributed by atoms with E-state index in [4.69, 9.17) is 10.5 Å². The van der Waals surface area contributed by atoms with Gasteiger partial charge in [-0.25, -0.2) is 0 Å². The molecule has 11 nitrogen and oxygen atoms in total. The lowest BCUT2D eigenvalue weighted by atomic mass is 9.95. The molecule has 2 aromatic carbocycles. The van der Waals surface area contributed by atoms with Crippen LogP contribution in [0.4, 0.5) is 17.1 Å². The van der Waals surface area contributed by atoms with E-state index in [1.807, 2.05) is 18.2 Å². The number of carbonyl (C=O) groups is 4. The van der Waals surface area contributed by atoms with Crippen molar-refractivity contribution in [2.45, 2.75) is 38.6 Å². The maximum absolute atomic E-state index is 13.2. The van der Waals surface area contributed by atoms with Gasteiger partial charge < -0.3 is 20.3 Å². The number of methoxy groups -OCH3 is 1. The smallest absolute Gasteiger partial charge is 0.262 e. The summed E-state index contributed by atoms with van der Waals surface area (Å²) in [4.78, 5) is 58.4. The largest absolute Gasteiger partial charge is 0.495 e. The van der Waals surface area contributed by atoms with Gasteiger partial charge in [-0.1, -0.05) is 0 Å². The lowest BCUT2D eigenvalue weighted by Crippen LogP contribution is -2.54. The summed E-state index contributed by atoms with van der Waals surface area (Å²) in [7, 11) is 1.65. The van der Waals surface area contributed by atoms with Gasteiger partial charge in [0.15, 0.2) is 0 Å². The Balaban J connectivity index is 1.02. The average molecular weight is 575 g/mol. The number of piperazine rings is 1. The molecule has 4 amide bonds. The molecule has 4 aliphatic heterocycles. The van der Waals surface area contributed by atoms with E-state index in [1.165, 1.54) is 5.69 Å². The molecule has 1 unspecified atom stereocenters. The van der Waals surface area contributed by atoms with Gasteiger partial charge in [-0.2, -0.15) is 0 Å². The van der Waals surface area contributed by atoms with E-state index < -0.39 is 23.8 Å². The summed E-state index contributed by atoms with van der Waals surface area (Å²) in [6, 6.07) is 8.46. The SMILES string of the molecule is COc1cc(N2CCN(CC3CCN(c4ccc5c(c4)C(=O)N(C4CCC(=O)NC4=O)C5=O)CC3)CC2)c(C)cc1N. The summed E-state index contributed by atoms with van der Waals surface area (Å²) >= 11 is 0. The van der Waals surface area contributed by atoms with Crippen molar-refractivity contribution in [2.75, 3.05) is 68.5 Å². The van der Waals surface area contributed by atoms with Crippen molar-refractivity contribution in [3.05, 3.63) is 47.0 Å². The van der Waals surface area contributed by atoms with Crippen LogP contribution in [-0.4, -0.2) is 92.4 Å². The van der Waals surface area contributed by atoms with Crippen LogP contribution in [0.5, 0.6) is 5.75 Å². The van der Waals surface area contributed by atoms with E-state index in [0.717, 1.165) is 80.6 Å². The summed E-state index contributed by atoms with van der Waals surface area (Å²) in [5, 5.41) is 2.24. The summed E-state index contributed by atoms with van der Waals surface area (Å²) in [5.74, 6) is -0.587. The van der Waals surface area contributed by atoms with E-state index in [9.17, 15) is 19.2 Å². The maximum atomic E-state index is 13.2. The molecule has 4 heterocycles. The highest BCUT2D eigenvalue weighted by atomic mass is 16.5. The van der Waals surface area contributed by atoms with Crippen molar-refractivity contribution in [3.63, 3.8) is 0 Å². The molecular formula is C31H38N6O5. The molecule has 6 rings (SSSR count). The zero-order chi connectivity index (χ0) is 29.5. The normalized spacial score (nSPS) is 22.0. The van der Waals surface area contributed by atoms with E-state index >= 15 is 0 Å². The van der Waals surface area contributed by atoms with Gasteiger partial charge in [0.25, 0.3) is 11.8 Å². The number of nitrogen functional groups attached to an aromatic ring is 1. The summed E-state index contributed by atoms with van der Waals surface area (Å²) < 4.78 is 5.44. The van der Waals surface area contributed by atoms with Crippen molar-refractivity contribution in [2.24, 2.45) is 5.92 Å². The van der Waals surface area contributed by atoms with Gasteiger partial charge in [-0.3, -0.25) is 34.3 Å². The zero-order valence-electron chi connectivity index (χ0n) is 24.2. The lowest BCUT2D eigenvalue weighted by molar-refractivity contribution is -0.136. The third kappa shape index (κ3) is 5.17. The van der Waals surface area contributed by atoms with Crippen LogP contribution in [0.15, 0.2) is 30.3 Å². The second kappa shape index (κ2) is 11.3. The highest BCUT2D eigenvalue weighted by Gasteiger charge is 2.44. The minimum atomic E-state index is -0.950. The number of nitrogens with one attached hydrogen (secondary N) is 1. The number of imide groups is 2. The number of amides is 4. The fraction of sp³-hybridized carbons (Fsp3) is 0.484. The number of rotatable bonds is 6. The molecule has 11 heteroatoms. The number of anilines is 3. The van der Waals surface area contributed by atoms with E-state index in [2.05, 4.69) is 26.9 Å². The molecule has 3 N–H and O–H groups in total. The van der Waals surface area contributed by atoms with Crippen LogP contribution in [0.1, 0.15) is 52.0 Å². The first-order chi connectivity index (χ1) is 20.2. The predicted molar refractivity (Wildman–Crippen MR) is 159 cm³/mol. The first-order valence-corrected chi connectivity index (χ1v) is 14.8. The molecule has 1 atom stereocenters. The summed E-state index contributed by atoms with van der Waals surface area (Å²) in [6.07, 6.45) is 2.38. The van der Waals surface area contributed by atoms with Crippen LogP contribution in [0.2, 0.25) is 0 Å². The van der Waals surface area contributed by atoms with Gasteiger partial charge in [0.1, 0.15) is 11.8 Å². The Labute approximate surface area is 245 Å². The minimum absolute atomic E-state index is 0.108. The highest BCUT2D eigenvalue weighted by Crippen LogP contribution is 2.34. The van der Waals surface area contributed by atoms with Crippen molar-refractivity contribution < 1.29 is 23.9 Å². The Hall–Kier alpha value is -4.12. The number of hydrogen-bond donors (Lipinski definition) is 2. The number of fused-ring (bicyclic) bond motifs is 1. The van der Waals surface area contributed by atoms with Crippen LogP contribution < -0.4 is 25.6 Å². The quantitative estimate of drug-likeness (QED) is 0.393. The minimum Gasteiger partial charge on any atom is -0.495 e. The first kappa shape index (κ1) is 28.0. The second-order valence-electron chi connectivity index (χ2n) is 11.8. The summed E-state index contributed by atoms with van der Waals surface area (Å²) in [6.45, 7) is 8.88. The number of nitrogens with zero attached hydrogens (tertiary/aromatic N) is 4. The van der Waals surface area contributed by atoms with Crippen LogP contribution in [0.25, 0.3) is 0 Å². The van der Waals surface area contributed by atoms with Crippen molar-refractivity contribution in [1.29, 1.82) is 0 Å². The molecule has 0 radical (unpaired) electrons. The standard InChI is InChI=1S/C31H38N6O5/c1-19-15-24(32)27(42-2)17-26(19)36-13-11-34(12-14-36)18-20-7-9-35(10-8-20)21-3-4-22-23(16-21)31(41)37(30(22)40)25-5-6-28(38)33-29(25)39/h3-4,15-17,20,25H,5-14,18,32H2,1-2H3,(H,33,38,39). The number of nitrogens with two attached hydrogens (primary N) is 1. The van der Waals surface area contributed by atoms with Crippen LogP contribution >= 0.6 is 0 Å². The molecule has 42 heavy (non-hydrogen) atoms. The maximum Gasteiger partial charge on any atom is 0.262 e. The van der Waals surface area contributed by atoms with Gasteiger partial charge in [0, 0.05) is 69.7 Å². The molecule has 3 saturated heterocycles. The van der Waals surface area contributed by atoms with Crippen molar-refractivity contribution in [3.8, 4) is 5.75 Å². The molecule has 0 bridgehead atoms. The first-order valence-electron chi connectivity index (χ1n) is 14.8. The fourth-order valence-corrected chi connectivity index (χ4v) is 6.78. The molecule has 0 aliphatic carbocycles. The summed E-state index contributed by atoms with van der Waals surface area (Å²) in [5.41, 5.74) is 10.6. The second-order valence-corrected chi connectivity index (χ2v) is 11.8. The van der Waals surface area contributed by atoms with Gasteiger partial charge >= 0.3 is 0 Å². The average Bonchev–Trinajstić information content (AvgIpc) is 3.23. The Morgan fingerprint density at radius 3 is 2.29 bits per heavy atom. The number of carbonyl (C=O) groups excluding carboxylic acids is 4. The lowest BCUT2D eigenvalue weighted by Gasteiger charge is -2.40. The number of benzene rings is 2. The number of hydrogen-bond acceptors (Lipinski definition) is 9. The van der Waals surface area contributed by atoms with E-state index in [-0.39, 0.29) is 18.7 Å². The third-order valence-corrected chi connectivity index (χ3v) is 9.18. The van der Waals surface area contributed by atoms with Crippen molar-refractivity contribution >= 4 is 40.7 Å². The molecule has 0 aromatic heterocycles. The Morgan fingerprint density at radius 1 is 0.881 bits per heavy atom. The Morgan fingerprint density at radius 2 is 1.60 bits per heavy atom. The van der Waals surface area contributed by atoms with E-state index in [0.29, 0.717) is 22.7 Å². The fourth-order valence-electron chi connectivity index (χ4n) is 6.78. The van der Waals surface area contributed by atoms with Crippen LogP contribution in [0.3, 0.4) is 0 Å². The Kier molecular flexibility index (Phi) is 7.53. The number of ether oxygens (including phenoxy) is 1. The molecule has 0 spiro atoms. The molecule has 222 valence electrons. The molecular weight excluding hydrogens is 536 g/mol. The topological polar surface area (TPSA) is 129 Å². The van der Waals surface area contributed by atoms with Crippen LogP contribution in [0, 0.1) is 12.8 Å². The Bertz CT molecular complexity index is 1430. The van der Waals surface area contributed by atoms with Crippen LogP contribution in [-0.2, 0) is 9.59 Å². The molecule has 3 fully saturated rings. The monoisotopic (exact) mass is 574 g/mol. The highest BCUT2D eigenvalue weighted by molar-refractivity contribution is 6.23. The number of aryl methyl sites for hydroxylation is 1. The third-order valence-electron chi connectivity index (χ3n) is 9.18. The molecule has 2 aromatic rings.